The molecule has 4 nitrogen and oxygen atoms in total. The van der Waals surface area contributed by atoms with Crippen LogP contribution in [0.3, 0.4) is 0 Å². The fourth-order valence-electron chi connectivity index (χ4n) is 3.37. The molecular weight excluding hydrogens is 278 g/mol. The van der Waals surface area contributed by atoms with Gasteiger partial charge in [0, 0.05) is 12.0 Å². The van der Waals surface area contributed by atoms with Gasteiger partial charge in [-0.2, -0.15) is 0 Å². The van der Waals surface area contributed by atoms with Gasteiger partial charge >= 0.3 is 0 Å². The number of oxime groups is 1. The van der Waals surface area contributed by atoms with Gasteiger partial charge in [-0.3, -0.25) is 4.79 Å². The molecule has 0 amide bonds. The second kappa shape index (κ2) is 6.34. The van der Waals surface area contributed by atoms with Gasteiger partial charge in [0.1, 0.15) is 18.7 Å². The van der Waals surface area contributed by atoms with Crippen LogP contribution in [0, 0.1) is 26.7 Å². The zero-order valence-corrected chi connectivity index (χ0v) is 13.9. The molecule has 1 aromatic carbocycles. The first-order chi connectivity index (χ1) is 10.3. The van der Waals surface area contributed by atoms with Crippen molar-refractivity contribution in [2.45, 2.75) is 40.5 Å². The van der Waals surface area contributed by atoms with E-state index >= 15 is 0 Å². The topological polar surface area (TPSA) is 58.9 Å². The zero-order chi connectivity index (χ0) is 16.4. The van der Waals surface area contributed by atoms with Crippen LogP contribution in [0.2, 0.25) is 0 Å². The number of aliphatic hydroxyl groups excluding tert-OH is 1. The number of carbonyl (C=O) groups excluding carboxylic acids is 1. The lowest BCUT2D eigenvalue weighted by molar-refractivity contribution is -0.119. The van der Waals surface area contributed by atoms with E-state index in [2.05, 4.69) is 17.3 Å². The van der Waals surface area contributed by atoms with Gasteiger partial charge in [-0.05, 0) is 44.4 Å². The number of ketones is 1. The van der Waals surface area contributed by atoms with E-state index in [0.717, 1.165) is 28.0 Å². The van der Waals surface area contributed by atoms with Crippen molar-refractivity contribution in [3.05, 3.63) is 40.1 Å². The Bertz CT molecular complexity index is 648. The highest BCUT2D eigenvalue weighted by Crippen LogP contribution is 2.40. The second-order valence-corrected chi connectivity index (χ2v) is 6.04. The molecule has 1 aromatic rings. The van der Waals surface area contributed by atoms with Gasteiger partial charge in [0.2, 0.25) is 0 Å². The molecule has 4 heteroatoms. The highest BCUT2D eigenvalue weighted by atomic mass is 16.6. The molecule has 1 aliphatic rings. The molecule has 0 heterocycles. The van der Waals surface area contributed by atoms with Gasteiger partial charge in [0.05, 0.1) is 18.1 Å². The van der Waals surface area contributed by atoms with E-state index in [1.807, 2.05) is 27.7 Å². The molecule has 0 spiro atoms. The first kappa shape index (κ1) is 16.3. The average molecular weight is 301 g/mol. The van der Waals surface area contributed by atoms with Crippen LogP contribution in [0.1, 0.15) is 42.0 Å². The summed E-state index contributed by atoms with van der Waals surface area (Å²) in [6.07, 6.45) is 0.575. The molecule has 2 rings (SSSR count). The Hall–Kier alpha value is -2.10. The maximum absolute atomic E-state index is 12.3. The summed E-state index contributed by atoms with van der Waals surface area (Å²) < 4.78 is 0. The minimum atomic E-state index is -0.348. The Balaban J connectivity index is 2.49. The third-order valence-electron chi connectivity index (χ3n) is 4.08. The van der Waals surface area contributed by atoms with E-state index in [0.29, 0.717) is 6.42 Å². The number of benzene rings is 1. The number of carbonyl (C=O) groups is 1. The Kier molecular flexibility index (Phi) is 4.69. The lowest BCUT2D eigenvalue weighted by Crippen LogP contribution is -2.15. The summed E-state index contributed by atoms with van der Waals surface area (Å²) in [6, 6.07) is 4.16. The van der Waals surface area contributed by atoms with Crippen LogP contribution < -0.4 is 0 Å². The fourth-order valence-corrected chi connectivity index (χ4v) is 3.37. The number of aryl methyl sites for hydroxylation is 3. The van der Waals surface area contributed by atoms with E-state index in [1.165, 1.54) is 12.7 Å². The van der Waals surface area contributed by atoms with Gasteiger partial charge in [0.15, 0.2) is 0 Å². The molecule has 118 valence electrons. The van der Waals surface area contributed by atoms with Crippen LogP contribution in [-0.4, -0.2) is 23.7 Å². The van der Waals surface area contributed by atoms with Gasteiger partial charge in [-0.15, -0.1) is 0 Å². The van der Waals surface area contributed by atoms with Crippen LogP contribution in [0.25, 0.3) is 5.57 Å². The standard InChI is InChI=1S/C18H23NO3/c1-10-6-11(2)17(12(3)7-10)18-14(8-13(4)19-22-5)15(20)9-16(18)21/h6-7,14,21H,8-9H2,1-5H3. The SMILES string of the molecule is CON=C(C)CC1C(=O)CC(O)=C1c1c(C)cc(C)cc1C. The third kappa shape index (κ3) is 3.06. The number of hydrogen-bond acceptors (Lipinski definition) is 4. The highest BCUT2D eigenvalue weighted by molar-refractivity contribution is 6.04. The van der Waals surface area contributed by atoms with Crippen LogP contribution in [0.4, 0.5) is 0 Å². The molecule has 0 bridgehead atoms. The fraction of sp³-hybridized carbons (Fsp3) is 0.444. The molecule has 22 heavy (non-hydrogen) atoms. The summed E-state index contributed by atoms with van der Waals surface area (Å²) in [5, 5.41) is 14.2. The van der Waals surface area contributed by atoms with E-state index in [4.69, 9.17) is 4.84 Å². The highest BCUT2D eigenvalue weighted by Gasteiger charge is 2.35. The molecule has 0 fully saturated rings. The molecule has 1 atom stereocenters. The molecular formula is C18H23NO3. The Labute approximate surface area is 131 Å². The van der Waals surface area contributed by atoms with E-state index in [-0.39, 0.29) is 23.9 Å². The zero-order valence-electron chi connectivity index (χ0n) is 13.9. The van der Waals surface area contributed by atoms with Crippen molar-refractivity contribution in [3.8, 4) is 0 Å². The van der Waals surface area contributed by atoms with Crippen molar-refractivity contribution in [3.63, 3.8) is 0 Å². The van der Waals surface area contributed by atoms with Gasteiger partial charge in [0.25, 0.3) is 0 Å². The van der Waals surface area contributed by atoms with E-state index < -0.39 is 0 Å². The number of allylic oxidation sites excluding steroid dienone is 2. The van der Waals surface area contributed by atoms with Crippen molar-refractivity contribution in [2.24, 2.45) is 11.1 Å². The Morgan fingerprint density at radius 3 is 2.45 bits per heavy atom. The first-order valence-electron chi connectivity index (χ1n) is 7.44. The lowest BCUT2D eigenvalue weighted by Gasteiger charge is -2.18. The van der Waals surface area contributed by atoms with Crippen LogP contribution in [0.15, 0.2) is 23.0 Å². The average Bonchev–Trinajstić information content (AvgIpc) is 2.65. The number of nitrogens with zero attached hydrogens (tertiary/aromatic N) is 1. The summed E-state index contributed by atoms with van der Waals surface area (Å²) in [6.45, 7) is 7.92. The molecule has 0 radical (unpaired) electrons. The maximum atomic E-state index is 12.3. The van der Waals surface area contributed by atoms with Crippen molar-refractivity contribution >= 4 is 17.1 Å². The predicted molar refractivity (Wildman–Crippen MR) is 88.1 cm³/mol. The summed E-state index contributed by atoms with van der Waals surface area (Å²) in [7, 11) is 1.49. The minimum Gasteiger partial charge on any atom is -0.512 e. The maximum Gasteiger partial charge on any atom is 0.148 e. The van der Waals surface area contributed by atoms with Crippen LogP contribution >= 0.6 is 0 Å². The molecule has 1 aliphatic carbocycles. The largest absolute Gasteiger partial charge is 0.512 e. The van der Waals surface area contributed by atoms with Crippen LogP contribution in [-0.2, 0) is 9.63 Å². The van der Waals surface area contributed by atoms with Gasteiger partial charge in [-0.1, -0.05) is 22.9 Å². The minimum absolute atomic E-state index is 0.0394. The van der Waals surface area contributed by atoms with Gasteiger partial charge in [-0.25, -0.2) is 0 Å². The number of hydrogen-bond donors (Lipinski definition) is 1. The quantitative estimate of drug-likeness (QED) is 0.678. The predicted octanol–water partition coefficient (Wildman–Crippen LogP) is 3.88. The first-order valence-corrected chi connectivity index (χ1v) is 7.44. The van der Waals surface area contributed by atoms with Crippen LogP contribution in [0.5, 0.6) is 0 Å². The molecule has 0 aliphatic heterocycles. The molecule has 1 unspecified atom stereocenters. The smallest absolute Gasteiger partial charge is 0.148 e. The normalized spacial score (nSPS) is 19.0. The Morgan fingerprint density at radius 2 is 1.91 bits per heavy atom. The second-order valence-electron chi connectivity index (χ2n) is 6.04. The van der Waals surface area contributed by atoms with E-state index in [9.17, 15) is 9.90 Å². The van der Waals surface area contributed by atoms with E-state index in [1.54, 1.807) is 0 Å². The third-order valence-corrected chi connectivity index (χ3v) is 4.08. The molecule has 0 aromatic heterocycles. The number of Topliss-reactive ketones (excluding diaryl/α,β-unsaturated/α-hetero) is 1. The van der Waals surface area contributed by atoms with Crippen molar-refractivity contribution in [1.82, 2.24) is 0 Å². The summed E-state index contributed by atoms with van der Waals surface area (Å²) in [5.74, 6) is -0.119. The lowest BCUT2D eigenvalue weighted by atomic mass is 9.85. The van der Waals surface area contributed by atoms with Crippen molar-refractivity contribution in [2.75, 3.05) is 7.11 Å². The summed E-state index contributed by atoms with van der Waals surface area (Å²) in [5.41, 5.74) is 5.84. The number of rotatable bonds is 4. The van der Waals surface area contributed by atoms with Crippen molar-refractivity contribution in [1.29, 1.82) is 0 Å². The molecule has 0 saturated heterocycles. The monoisotopic (exact) mass is 301 g/mol. The number of aliphatic hydroxyl groups is 1. The summed E-state index contributed by atoms with van der Waals surface area (Å²) in [4.78, 5) is 17.1. The molecule has 0 saturated carbocycles. The summed E-state index contributed by atoms with van der Waals surface area (Å²) >= 11 is 0. The molecule has 1 N–H and O–H groups in total. The van der Waals surface area contributed by atoms with Gasteiger partial charge < -0.3 is 9.94 Å². The van der Waals surface area contributed by atoms with Crippen molar-refractivity contribution < 1.29 is 14.7 Å². The Morgan fingerprint density at radius 1 is 1.32 bits per heavy atom.